The van der Waals surface area contributed by atoms with E-state index in [1.165, 1.54) is 44.9 Å². The molecule has 5 heteroatoms. The lowest BCUT2D eigenvalue weighted by molar-refractivity contribution is -0.136. The minimum atomic E-state index is -0.769. The Labute approximate surface area is 144 Å². The van der Waals surface area contributed by atoms with Crippen LogP contribution in [0.1, 0.15) is 81.0 Å². The van der Waals surface area contributed by atoms with Gasteiger partial charge in [-0.25, -0.2) is 9.97 Å². The zero-order chi connectivity index (χ0) is 16.9. The van der Waals surface area contributed by atoms with E-state index < -0.39 is 5.97 Å². The molecule has 3 rings (SSSR count). The molecule has 1 aliphatic carbocycles. The van der Waals surface area contributed by atoms with E-state index in [-0.39, 0.29) is 6.42 Å². The summed E-state index contributed by atoms with van der Waals surface area (Å²) in [5.41, 5.74) is 1.82. The van der Waals surface area contributed by atoms with E-state index in [0.717, 1.165) is 30.2 Å². The van der Waals surface area contributed by atoms with Crippen LogP contribution in [0.2, 0.25) is 0 Å². The molecule has 5 nitrogen and oxygen atoms in total. The Morgan fingerprint density at radius 2 is 1.92 bits per heavy atom. The van der Waals surface area contributed by atoms with Crippen LogP contribution in [-0.4, -0.2) is 38.5 Å². The lowest BCUT2D eigenvalue weighted by Crippen LogP contribution is -2.43. The van der Waals surface area contributed by atoms with E-state index in [4.69, 9.17) is 15.1 Å². The number of piperidine rings is 1. The third-order valence-electron chi connectivity index (χ3n) is 5.41. The number of nitrogens with zero attached hydrogens (tertiary/aromatic N) is 3. The van der Waals surface area contributed by atoms with Gasteiger partial charge >= 0.3 is 5.97 Å². The average Bonchev–Trinajstić information content (AvgIpc) is 2.60. The fourth-order valence-electron chi connectivity index (χ4n) is 4.25. The summed E-state index contributed by atoms with van der Waals surface area (Å²) in [6, 6.07) is 2.92. The van der Waals surface area contributed by atoms with E-state index in [9.17, 15) is 4.79 Å². The van der Waals surface area contributed by atoms with Crippen LogP contribution >= 0.6 is 0 Å². The number of aliphatic carboxylic acids is 1. The van der Waals surface area contributed by atoms with Crippen LogP contribution in [0.25, 0.3) is 0 Å². The molecule has 1 saturated carbocycles. The lowest BCUT2D eigenvalue weighted by atomic mass is 9.90. The molecule has 1 atom stereocenters. The van der Waals surface area contributed by atoms with Crippen molar-refractivity contribution in [2.75, 3.05) is 6.54 Å². The fourth-order valence-corrected chi connectivity index (χ4v) is 4.25. The van der Waals surface area contributed by atoms with E-state index in [1.54, 1.807) is 0 Å². The molecule has 1 unspecified atom stereocenters. The van der Waals surface area contributed by atoms with Crippen LogP contribution in [0.5, 0.6) is 0 Å². The minimum absolute atomic E-state index is 0.132. The summed E-state index contributed by atoms with van der Waals surface area (Å²) in [5, 5.41) is 8.92. The van der Waals surface area contributed by atoms with Crippen LogP contribution in [0.4, 0.5) is 0 Å². The molecule has 1 aliphatic heterocycles. The number of carboxylic acid groups (broad SMARTS) is 1. The molecule has 1 saturated heterocycles. The number of hydrogen-bond acceptors (Lipinski definition) is 4. The van der Waals surface area contributed by atoms with Crippen LogP contribution in [0.3, 0.4) is 0 Å². The van der Waals surface area contributed by atoms with Crippen LogP contribution in [-0.2, 0) is 11.2 Å². The molecule has 0 amide bonds. The summed E-state index contributed by atoms with van der Waals surface area (Å²) in [7, 11) is 0. The second-order valence-electron chi connectivity index (χ2n) is 7.29. The molecule has 2 heterocycles. The summed E-state index contributed by atoms with van der Waals surface area (Å²) in [4.78, 5) is 23.0. The Kier molecular flexibility index (Phi) is 5.82. The number of rotatable bonds is 5. The van der Waals surface area contributed by atoms with Crippen molar-refractivity contribution in [3.63, 3.8) is 0 Å². The minimum Gasteiger partial charge on any atom is -0.481 e. The molecule has 1 aromatic rings. The normalized spacial score (nSPS) is 23.3. The van der Waals surface area contributed by atoms with E-state index in [1.807, 2.05) is 13.0 Å². The number of carbonyl (C=O) groups is 1. The standard InChI is InChI=1S/C19H29N3O2/c1-14-13-15(10-11-18(23)24)21-19(20-14)17-9-5-6-12-22(17)16-7-3-2-4-8-16/h13,16-17H,2-12H2,1H3,(H,23,24). The molecule has 2 aliphatic rings. The Hall–Kier alpha value is -1.49. The highest BCUT2D eigenvalue weighted by Crippen LogP contribution is 2.35. The zero-order valence-corrected chi connectivity index (χ0v) is 14.7. The highest BCUT2D eigenvalue weighted by atomic mass is 16.4. The van der Waals surface area contributed by atoms with Crippen molar-refractivity contribution < 1.29 is 9.90 Å². The van der Waals surface area contributed by atoms with Crippen molar-refractivity contribution in [2.24, 2.45) is 0 Å². The molecule has 0 bridgehead atoms. The van der Waals surface area contributed by atoms with Gasteiger partial charge in [0.1, 0.15) is 5.82 Å². The second-order valence-corrected chi connectivity index (χ2v) is 7.29. The van der Waals surface area contributed by atoms with Crippen molar-refractivity contribution in [1.82, 2.24) is 14.9 Å². The van der Waals surface area contributed by atoms with Gasteiger partial charge in [-0.1, -0.05) is 25.7 Å². The highest BCUT2D eigenvalue weighted by Gasteiger charge is 2.32. The number of carboxylic acids is 1. The van der Waals surface area contributed by atoms with E-state index in [2.05, 4.69) is 4.90 Å². The lowest BCUT2D eigenvalue weighted by Gasteiger charge is -2.42. The van der Waals surface area contributed by atoms with Crippen LogP contribution < -0.4 is 0 Å². The molecule has 0 spiro atoms. The fraction of sp³-hybridized carbons (Fsp3) is 0.737. The van der Waals surface area contributed by atoms with Gasteiger partial charge in [0, 0.05) is 23.9 Å². The molecule has 2 fully saturated rings. The van der Waals surface area contributed by atoms with Gasteiger partial charge in [-0.3, -0.25) is 9.69 Å². The topological polar surface area (TPSA) is 66.3 Å². The van der Waals surface area contributed by atoms with Crippen molar-refractivity contribution in [3.8, 4) is 0 Å². The Bertz CT molecular complexity index is 570. The molecule has 24 heavy (non-hydrogen) atoms. The van der Waals surface area contributed by atoms with Gasteiger partial charge in [-0.15, -0.1) is 0 Å². The van der Waals surface area contributed by atoms with Crippen LogP contribution in [0.15, 0.2) is 6.07 Å². The highest BCUT2D eigenvalue weighted by molar-refractivity contribution is 5.66. The Morgan fingerprint density at radius 3 is 2.67 bits per heavy atom. The third kappa shape index (κ3) is 4.32. The van der Waals surface area contributed by atoms with Gasteiger partial charge in [0.05, 0.1) is 12.5 Å². The summed E-state index contributed by atoms with van der Waals surface area (Å²) >= 11 is 0. The van der Waals surface area contributed by atoms with Gasteiger partial charge in [-0.05, 0) is 45.2 Å². The molecule has 0 radical (unpaired) electrons. The van der Waals surface area contributed by atoms with Crippen molar-refractivity contribution in [1.29, 1.82) is 0 Å². The Balaban J connectivity index is 1.80. The van der Waals surface area contributed by atoms with E-state index in [0.29, 0.717) is 18.5 Å². The molecular formula is C19H29N3O2. The largest absolute Gasteiger partial charge is 0.481 e. The quantitative estimate of drug-likeness (QED) is 0.892. The SMILES string of the molecule is Cc1cc(CCC(=O)O)nc(C2CCCCN2C2CCCCC2)n1. The first-order valence-corrected chi connectivity index (χ1v) is 9.45. The Morgan fingerprint density at radius 1 is 1.17 bits per heavy atom. The molecule has 1 N–H and O–H groups in total. The molecule has 1 aromatic heterocycles. The maximum Gasteiger partial charge on any atom is 0.303 e. The maximum atomic E-state index is 10.9. The number of aryl methyl sites for hydroxylation is 2. The van der Waals surface area contributed by atoms with Crippen LogP contribution in [0, 0.1) is 6.92 Å². The maximum absolute atomic E-state index is 10.9. The molecular weight excluding hydrogens is 302 g/mol. The van der Waals surface area contributed by atoms with E-state index >= 15 is 0 Å². The summed E-state index contributed by atoms with van der Waals surface area (Å²) in [6.07, 6.45) is 10.9. The number of likely N-dealkylation sites (tertiary alicyclic amines) is 1. The van der Waals surface area contributed by atoms with Gasteiger partial charge < -0.3 is 5.11 Å². The van der Waals surface area contributed by atoms with Gasteiger partial charge in [0.25, 0.3) is 0 Å². The third-order valence-corrected chi connectivity index (χ3v) is 5.41. The summed E-state index contributed by atoms with van der Waals surface area (Å²) < 4.78 is 0. The van der Waals surface area contributed by atoms with Crippen molar-refractivity contribution in [2.45, 2.75) is 83.2 Å². The monoisotopic (exact) mass is 331 g/mol. The summed E-state index contributed by atoms with van der Waals surface area (Å²) in [5.74, 6) is 0.148. The smallest absolute Gasteiger partial charge is 0.303 e. The second kappa shape index (κ2) is 8.06. The zero-order valence-electron chi connectivity index (χ0n) is 14.7. The predicted octanol–water partition coefficient (Wildman–Crippen LogP) is 3.66. The molecule has 132 valence electrons. The average molecular weight is 331 g/mol. The van der Waals surface area contributed by atoms with Gasteiger partial charge in [-0.2, -0.15) is 0 Å². The number of hydrogen-bond donors (Lipinski definition) is 1. The number of aromatic nitrogens is 2. The molecule has 0 aromatic carbocycles. The predicted molar refractivity (Wildman–Crippen MR) is 92.9 cm³/mol. The van der Waals surface area contributed by atoms with Crippen molar-refractivity contribution in [3.05, 3.63) is 23.3 Å². The van der Waals surface area contributed by atoms with Crippen molar-refractivity contribution >= 4 is 5.97 Å². The summed E-state index contributed by atoms with van der Waals surface area (Å²) in [6.45, 7) is 3.14. The first-order chi connectivity index (χ1) is 11.6. The first kappa shape index (κ1) is 17.3. The van der Waals surface area contributed by atoms with Gasteiger partial charge in [0.2, 0.25) is 0 Å². The van der Waals surface area contributed by atoms with Gasteiger partial charge in [0.15, 0.2) is 0 Å². The first-order valence-electron chi connectivity index (χ1n) is 9.45.